The Balaban J connectivity index is 1.62. The molecule has 1 fully saturated rings. The van der Waals surface area contributed by atoms with Gasteiger partial charge in [0, 0.05) is 18.1 Å². The third-order valence-corrected chi connectivity index (χ3v) is 5.21. The highest BCUT2D eigenvalue weighted by Gasteiger charge is 2.25. The molecule has 1 aliphatic rings. The second-order valence-corrected chi connectivity index (χ2v) is 7.33. The van der Waals surface area contributed by atoms with Gasteiger partial charge in [-0.1, -0.05) is 35.6 Å². The van der Waals surface area contributed by atoms with Gasteiger partial charge in [-0.05, 0) is 30.7 Å². The lowest BCUT2D eigenvalue weighted by Gasteiger charge is -2.15. The molecule has 10 heteroatoms. The second kappa shape index (κ2) is 9.75. The Morgan fingerprint density at radius 2 is 2.15 bits per heavy atom. The van der Waals surface area contributed by atoms with E-state index in [2.05, 4.69) is 5.32 Å². The maximum Gasteiger partial charge on any atom is 0.344 e. The van der Waals surface area contributed by atoms with Gasteiger partial charge in [0.15, 0.2) is 13.2 Å². The van der Waals surface area contributed by atoms with Gasteiger partial charge in [0.2, 0.25) is 5.91 Å². The molecule has 0 bridgehead atoms. The Labute approximate surface area is 165 Å². The van der Waals surface area contributed by atoms with E-state index < -0.39 is 18.5 Å². The molecule has 1 N–H and O–H groups in total. The maximum atomic E-state index is 11.7. The Morgan fingerprint density at radius 3 is 2.81 bits per heavy atom. The number of thiocarbonyl (C=S) groups is 1. The molecule has 1 aliphatic heterocycles. The highest BCUT2D eigenvalue weighted by Crippen LogP contribution is 2.21. The van der Waals surface area contributed by atoms with E-state index in [1.165, 1.54) is 16.7 Å². The lowest BCUT2D eigenvalue weighted by molar-refractivity contribution is -0.150. The summed E-state index contributed by atoms with van der Waals surface area (Å²) in [5.74, 6) is -0.393. The molecule has 0 saturated carbocycles. The number of esters is 1. The minimum absolute atomic E-state index is 0.0738. The van der Waals surface area contributed by atoms with Gasteiger partial charge in [-0.3, -0.25) is 14.5 Å². The molecule has 140 valence electrons. The monoisotopic (exact) mass is 416 g/mol. The summed E-state index contributed by atoms with van der Waals surface area (Å²) in [6.45, 7) is 1.60. The van der Waals surface area contributed by atoms with Crippen LogP contribution in [0.25, 0.3) is 0 Å². The number of aryl methyl sites for hydroxylation is 1. The van der Waals surface area contributed by atoms with Gasteiger partial charge in [0.25, 0.3) is 5.91 Å². The fourth-order valence-electron chi connectivity index (χ4n) is 1.99. The molecular weight excluding hydrogens is 400 g/mol. The minimum atomic E-state index is -0.667. The standard InChI is InChI=1S/C16H17ClN2O5S2/c1-10-6-11(2-3-12(10)17)23-8-15(22)24-7-13(20)18-4-5-19-14(21)9-26-16(19)25/h2-3,6H,4-5,7-9H2,1H3,(H,18,20). The zero-order chi connectivity index (χ0) is 19.1. The molecule has 1 aromatic rings. The smallest absolute Gasteiger partial charge is 0.344 e. The third-order valence-electron chi connectivity index (χ3n) is 3.35. The number of hydrogen-bond acceptors (Lipinski definition) is 7. The van der Waals surface area contributed by atoms with E-state index >= 15 is 0 Å². The highest BCUT2D eigenvalue weighted by molar-refractivity contribution is 8.23. The summed E-state index contributed by atoms with van der Waals surface area (Å²) >= 11 is 12.2. The first-order valence-corrected chi connectivity index (χ1v) is 9.42. The van der Waals surface area contributed by atoms with Crippen LogP contribution in [0, 0.1) is 6.92 Å². The molecule has 0 aromatic heterocycles. The van der Waals surface area contributed by atoms with Crippen molar-refractivity contribution in [1.82, 2.24) is 10.2 Å². The lowest BCUT2D eigenvalue weighted by atomic mass is 10.2. The average molecular weight is 417 g/mol. The van der Waals surface area contributed by atoms with Crippen LogP contribution in [0.15, 0.2) is 18.2 Å². The van der Waals surface area contributed by atoms with Crippen molar-refractivity contribution in [2.45, 2.75) is 6.92 Å². The van der Waals surface area contributed by atoms with E-state index in [1.54, 1.807) is 18.2 Å². The van der Waals surface area contributed by atoms with Crippen LogP contribution in [0.1, 0.15) is 5.56 Å². The van der Waals surface area contributed by atoms with Crippen molar-refractivity contribution in [2.24, 2.45) is 0 Å². The van der Waals surface area contributed by atoms with Crippen molar-refractivity contribution in [3.8, 4) is 5.75 Å². The van der Waals surface area contributed by atoms with Crippen molar-refractivity contribution in [3.05, 3.63) is 28.8 Å². The van der Waals surface area contributed by atoms with Crippen LogP contribution in [0.4, 0.5) is 0 Å². The number of hydrogen-bond donors (Lipinski definition) is 1. The Hall–Kier alpha value is -1.84. The van der Waals surface area contributed by atoms with E-state index in [1.807, 2.05) is 6.92 Å². The summed E-state index contributed by atoms with van der Waals surface area (Å²) in [6.07, 6.45) is 0. The Morgan fingerprint density at radius 1 is 1.38 bits per heavy atom. The summed E-state index contributed by atoms with van der Waals surface area (Å²) < 4.78 is 10.6. The van der Waals surface area contributed by atoms with E-state index in [0.29, 0.717) is 27.4 Å². The molecule has 2 rings (SSSR count). The van der Waals surface area contributed by atoms with Gasteiger partial charge < -0.3 is 14.8 Å². The number of nitrogens with one attached hydrogen (secondary N) is 1. The quantitative estimate of drug-likeness (QED) is 0.508. The van der Waals surface area contributed by atoms with Crippen molar-refractivity contribution in [1.29, 1.82) is 0 Å². The molecule has 0 unspecified atom stereocenters. The molecule has 0 radical (unpaired) electrons. The van der Waals surface area contributed by atoms with Crippen LogP contribution < -0.4 is 10.1 Å². The summed E-state index contributed by atoms with van der Waals surface area (Å²) in [5.41, 5.74) is 0.825. The van der Waals surface area contributed by atoms with Crippen LogP contribution >= 0.6 is 35.6 Å². The van der Waals surface area contributed by atoms with Crippen molar-refractivity contribution in [2.75, 3.05) is 32.1 Å². The number of halogens is 1. The van der Waals surface area contributed by atoms with Crippen molar-refractivity contribution >= 4 is 57.7 Å². The lowest BCUT2D eigenvalue weighted by Crippen LogP contribution is -2.38. The number of nitrogens with zero attached hydrogens (tertiary/aromatic N) is 1. The molecule has 1 heterocycles. The molecular formula is C16H17ClN2O5S2. The first-order valence-electron chi connectivity index (χ1n) is 7.65. The topological polar surface area (TPSA) is 84.9 Å². The summed E-state index contributed by atoms with van der Waals surface area (Å²) in [7, 11) is 0. The molecule has 7 nitrogen and oxygen atoms in total. The Bertz CT molecular complexity index is 713. The van der Waals surface area contributed by atoms with Crippen LogP contribution in [0.2, 0.25) is 5.02 Å². The normalized spacial score (nSPS) is 13.7. The number of amides is 2. The predicted octanol–water partition coefficient (Wildman–Crippen LogP) is 1.55. The molecule has 26 heavy (non-hydrogen) atoms. The van der Waals surface area contributed by atoms with Gasteiger partial charge in [-0.25, -0.2) is 4.79 Å². The maximum absolute atomic E-state index is 11.7. The molecule has 1 aromatic carbocycles. The first-order chi connectivity index (χ1) is 12.4. The average Bonchev–Trinajstić information content (AvgIpc) is 2.93. The van der Waals surface area contributed by atoms with Crippen LogP contribution in [0.3, 0.4) is 0 Å². The van der Waals surface area contributed by atoms with Crippen molar-refractivity contribution in [3.63, 3.8) is 0 Å². The van der Waals surface area contributed by atoms with Gasteiger partial charge in [-0.2, -0.15) is 0 Å². The van der Waals surface area contributed by atoms with Gasteiger partial charge in [-0.15, -0.1) is 0 Å². The molecule has 0 spiro atoms. The van der Waals surface area contributed by atoms with Gasteiger partial charge in [0.05, 0.1) is 5.75 Å². The van der Waals surface area contributed by atoms with Crippen LogP contribution in [0.5, 0.6) is 5.75 Å². The van der Waals surface area contributed by atoms with Crippen molar-refractivity contribution < 1.29 is 23.9 Å². The number of rotatable bonds is 8. The number of carbonyl (C=O) groups excluding carboxylic acids is 3. The third kappa shape index (κ3) is 6.15. The number of carbonyl (C=O) groups is 3. The van der Waals surface area contributed by atoms with E-state index in [0.717, 1.165) is 5.56 Å². The summed E-state index contributed by atoms with van der Waals surface area (Å²) in [4.78, 5) is 36.2. The Kier molecular flexibility index (Phi) is 7.67. The van der Waals surface area contributed by atoms with Gasteiger partial charge >= 0.3 is 5.97 Å². The number of benzene rings is 1. The van der Waals surface area contributed by atoms with Crippen LogP contribution in [-0.4, -0.2) is 59.1 Å². The SMILES string of the molecule is Cc1cc(OCC(=O)OCC(=O)NCCN2C(=O)CSC2=S)ccc1Cl. The number of thioether (sulfide) groups is 1. The van der Waals surface area contributed by atoms with Gasteiger partial charge in [0.1, 0.15) is 10.1 Å². The fourth-order valence-corrected chi connectivity index (χ4v) is 3.23. The molecule has 0 aliphatic carbocycles. The first kappa shape index (κ1) is 20.5. The summed E-state index contributed by atoms with van der Waals surface area (Å²) in [6, 6.07) is 5.00. The minimum Gasteiger partial charge on any atom is -0.482 e. The molecule has 0 atom stereocenters. The van der Waals surface area contributed by atoms with E-state index in [4.69, 9.17) is 33.3 Å². The zero-order valence-corrected chi connectivity index (χ0v) is 16.3. The van der Waals surface area contributed by atoms with E-state index in [-0.39, 0.29) is 19.1 Å². The number of ether oxygens (including phenoxy) is 2. The second-order valence-electron chi connectivity index (χ2n) is 5.31. The molecule has 1 saturated heterocycles. The largest absolute Gasteiger partial charge is 0.482 e. The zero-order valence-electron chi connectivity index (χ0n) is 14.0. The predicted molar refractivity (Wildman–Crippen MR) is 102 cm³/mol. The van der Waals surface area contributed by atoms with E-state index in [9.17, 15) is 14.4 Å². The summed E-state index contributed by atoms with van der Waals surface area (Å²) in [5, 5.41) is 3.16. The highest BCUT2D eigenvalue weighted by atomic mass is 35.5. The fraction of sp³-hybridized carbons (Fsp3) is 0.375. The van der Waals surface area contributed by atoms with Crippen LogP contribution in [-0.2, 0) is 19.1 Å². The molecule has 2 amide bonds.